The molecule has 0 unspecified atom stereocenters. The Hall–Kier alpha value is -2.66. The first-order valence-electron chi connectivity index (χ1n) is 6.58. The number of nitrogens with zero attached hydrogens (tertiary/aromatic N) is 2. The van der Waals surface area contributed by atoms with Gasteiger partial charge in [-0.15, -0.1) is 0 Å². The molecule has 0 aliphatic heterocycles. The highest BCUT2D eigenvalue weighted by Gasteiger charge is 2.40. The average molecular weight is 284 g/mol. The van der Waals surface area contributed by atoms with Crippen LogP contribution in [0.4, 0.5) is 0 Å². The molecule has 0 saturated heterocycles. The van der Waals surface area contributed by atoms with Gasteiger partial charge in [0.2, 0.25) is 0 Å². The van der Waals surface area contributed by atoms with Crippen molar-refractivity contribution in [3.05, 3.63) is 35.9 Å². The van der Waals surface area contributed by atoms with Gasteiger partial charge in [0.05, 0.1) is 18.7 Å². The van der Waals surface area contributed by atoms with Gasteiger partial charge in [-0.25, -0.2) is 0 Å². The molecular weight excluding hydrogens is 268 g/mol. The largest absolute Gasteiger partial charge is 0.465 e. The predicted octanol–water partition coefficient (Wildman–Crippen LogP) is 2.20. The van der Waals surface area contributed by atoms with E-state index < -0.39 is 29.5 Å². The Kier molecular flexibility index (Phi) is 6.10. The van der Waals surface area contributed by atoms with Crippen molar-refractivity contribution in [2.75, 3.05) is 6.61 Å². The summed E-state index contributed by atoms with van der Waals surface area (Å²) in [6, 6.07) is 12.4. The molecule has 108 valence electrons. The molecule has 0 radical (unpaired) electrons. The van der Waals surface area contributed by atoms with Crippen molar-refractivity contribution < 1.29 is 14.3 Å². The summed E-state index contributed by atoms with van der Waals surface area (Å²) >= 11 is 0. The normalized spacial score (nSPS) is 12.8. The maximum atomic E-state index is 12.1. The maximum absolute atomic E-state index is 12.1. The Balaban J connectivity index is 3.34. The number of carbonyl (C=O) groups is 2. The third-order valence-electron chi connectivity index (χ3n) is 3.16. The molecule has 0 amide bonds. The first kappa shape index (κ1) is 16.4. The van der Waals surface area contributed by atoms with E-state index in [1.54, 1.807) is 37.3 Å². The molecule has 0 N–H and O–H groups in total. The zero-order valence-corrected chi connectivity index (χ0v) is 11.9. The van der Waals surface area contributed by atoms with Crippen LogP contribution in [0.15, 0.2) is 30.3 Å². The van der Waals surface area contributed by atoms with Gasteiger partial charge in [0.15, 0.2) is 0 Å². The van der Waals surface area contributed by atoms with Crippen LogP contribution in [-0.4, -0.2) is 18.4 Å². The van der Waals surface area contributed by atoms with Crippen molar-refractivity contribution in [1.29, 1.82) is 10.5 Å². The van der Waals surface area contributed by atoms with Crippen molar-refractivity contribution in [3.63, 3.8) is 0 Å². The molecule has 0 aliphatic rings. The molecule has 21 heavy (non-hydrogen) atoms. The van der Waals surface area contributed by atoms with Gasteiger partial charge in [-0.2, -0.15) is 10.5 Å². The molecule has 1 aromatic rings. The minimum absolute atomic E-state index is 0.133. The lowest BCUT2D eigenvalue weighted by Gasteiger charge is -2.24. The Morgan fingerprint density at radius 1 is 1.19 bits per heavy atom. The summed E-state index contributed by atoms with van der Waals surface area (Å²) < 4.78 is 4.93. The van der Waals surface area contributed by atoms with Crippen LogP contribution in [-0.2, 0) is 14.3 Å². The molecule has 5 nitrogen and oxygen atoms in total. The number of benzene rings is 1. The summed E-state index contributed by atoms with van der Waals surface area (Å²) in [5.41, 5.74) is 0.596. The van der Waals surface area contributed by atoms with Crippen molar-refractivity contribution in [2.45, 2.75) is 19.8 Å². The van der Waals surface area contributed by atoms with Crippen LogP contribution < -0.4 is 0 Å². The minimum atomic E-state index is -1.16. The molecule has 0 bridgehead atoms. The molecule has 2 atom stereocenters. The van der Waals surface area contributed by atoms with Crippen LogP contribution >= 0.6 is 0 Å². The second-order valence-corrected chi connectivity index (χ2v) is 4.51. The number of ketones is 1. The van der Waals surface area contributed by atoms with Crippen molar-refractivity contribution >= 4 is 11.8 Å². The van der Waals surface area contributed by atoms with Gasteiger partial charge in [0.1, 0.15) is 17.6 Å². The lowest BCUT2D eigenvalue weighted by Crippen LogP contribution is -2.33. The molecule has 0 heterocycles. The van der Waals surface area contributed by atoms with E-state index in [1.165, 1.54) is 6.92 Å². The molecule has 0 aliphatic carbocycles. The number of rotatable bonds is 6. The summed E-state index contributed by atoms with van der Waals surface area (Å²) in [6.07, 6.45) is 0. The minimum Gasteiger partial charge on any atom is -0.465 e. The van der Waals surface area contributed by atoms with Gasteiger partial charge in [-0.05, 0) is 19.4 Å². The number of hydrogen-bond donors (Lipinski definition) is 0. The van der Waals surface area contributed by atoms with Gasteiger partial charge in [0, 0.05) is 5.92 Å². The van der Waals surface area contributed by atoms with E-state index in [4.69, 9.17) is 15.3 Å². The van der Waals surface area contributed by atoms with Crippen LogP contribution in [0.3, 0.4) is 0 Å². The van der Waals surface area contributed by atoms with Gasteiger partial charge in [0.25, 0.3) is 0 Å². The van der Waals surface area contributed by atoms with Crippen molar-refractivity contribution in [2.24, 2.45) is 11.8 Å². The second kappa shape index (κ2) is 7.81. The zero-order valence-electron chi connectivity index (χ0n) is 11.9. The Labute approximate surface area is 123 Å². The topological polar surface area (TPSA) is 90.9 Å². The summed E-state index contributed by atoms with van der Waals surface area (Å²) in [5, 5.41) is 18.3. The van der Waals surface area contributed by atoms with E-state index in [2.05, 4.69) is 0 Å². The number of ether oxygens (including phenoxy) is 1. The summed E-state index contributed by atoms with van der Waals surface area (Å²) in [4.78, 5) is 24.0. The van der Waals surface area contributed by atoms with E-state index >= 15 is 0 Å². The van der Waals surface area contributed by atoms with Gasteiger partial charge in [-0.3, -0.25) is 9.59 Å². The first-order chi connectivity index (χ1) is 10.1. The third-order valence-corrected chi connectivity index (χ3v) is 3.16. The SMILES string of the molecule is CCOC(=O)[C@H](C(C)=O)[C@@H](c1ccccc1)C(C#N)C#N. The molecule has 0 aromatic heterocycles. The quantitative estimate of drug-likeness (QED) is 0.590. The van der Waals surface area contributed by atoms with E-state index in [1.807, 2.05) is 12.1 Å². The second-order valence-electron chi connectivity index (χ2n) is 4.51. The van der Waals surface area contributed by atoms with Crippen LogP contribution in [0.2, 0.25) is 0 Å². The fourth-order valence-corrected chi connectivity index (χ4v) is 2.24. The molecule has 0 spiro atoms. The monoisotopic (exact) mass is 284 g/mol. The standard InChI is InChI=1S/C16H16N2O3/c1-3-21-16(20)14(11(2)19)15(13(9-17)10-18)12-7-5-4-6-8-12/h4-8,13-15H,3H2,1-2H3/t14-,15+/m1/s1. The molecule has 0 fully saturated rings. The van der Waals surface area contributed by atoms with E-state index in [9.17, 15) is 9.59 Å². The van der Waals surface area contributed by atoms with E-state index in [-0.39, 0.29) is 6.61 Å². The van der Waals surface area contributed by atoms with Gasteiger partial charge < -0.3 is 4.74 Å². The molecule has 0 saturated carbocycles. The lowest BCUT2D eigenvalue weighted by molar-refractivity contribution is -0.152. The van der Waals surface area contributed by atoms with Crippen LogP contribution in [0, 0.1) is 34.5 Å². The lowest BCUT2D eigenvalue weighted by atomic mass is 9.76. The van der Waals surface area contributed by atoms with Gasteiger partial charge >= 0.3 is 5.97 Å². The zero-order chi connectivity index (χ0) is 15.8. The first-order valence-corrected chi connectivity index (χ1v) is 6.58. The Morgan fingerprint density at radius 2 is 1.76 bits per heavy atom. The number of hydrogen-bond acceptors (Lipinski definition) is 5. The highest BCUT2D eigenvalue weighted by Crippen LogP contribution is 2.33. The Bertz CT molecular complexity index is 570. The average Bonchev–Trinajstić information content (AvgIpc) is 2.48. The summed E-state index contributed by atoms with van der Waals surface area (Å²) in [5.74, 6) is -4.22. The third kappa shape index (κ3) is 3.90. The van der Waals surface area contributed by atoms with Crippen LogP contribution in [0.1, 0.15) is 25.3 Å². The predicted molar refractivity (Wildman–Crippen MR) is 74.7 cm³/mol. The van der Waals surface area contributed by atoms with Crippen LogP contribution in [0.25, 0.3) is 0 Å². The van der Waals surface area contributed by atoms with Crippen LogP contribution in [0.5, 0.6) is 0 Å². The summed E-state index contributed by atoms with van der Waals surface area (Å²) in [7, 11) is 0. The highest BCUT2D eigenvalue weighted by atomic mass is 16.5. The highest BCUT2D eigenvalue weighted by molar-refractivity contribution is 5.99. The Morgan fingerprint density at radius 3 is 2.19 bits per heavy atom. The van der Waals surface area contributed by atoms with Crippen molar-refractivity contribution in [1.82, 2.24) is 0 Å². The number of Topliss-reactive ketones (excluding diaryl/α,β-unsaturated/α-hetero) is 1. The van der Waals surface area contributed by atoms with Crippen molar-refractivity contribution in [3.8, 4) is 12.1 Å². The number of esters is 1. The fraction of sp³-hybridized carbons (Fsp3) is 0.375. The summed E-state index contributed by atoms with van der Waals surface area (Å²) in [6.45, 7) is 3.04. The number of nitriles is 2. The smallest absolute Gasteiger partial charge is 0.317 e. The van der Waals surface area contributed by atoms with E-state index in [0.29, 0.717) is 5.56 Å². The molecule has 1 aromatic carbocycles. The number of carbonyl (C=O) groups excluding carboxylic acids is 2. The fourth-order valence-electron chi connectivity index (χ4n) is 2.24. The molecule has 5 heteroatoms. The molecule has 1 rings (SSSR count). The van der Waals surface area contributed by atoms with E-state index in [0.717, 1.165) is 0 Å². The molecular formula is C16H16N2O3. The maximum Gasteiger partial charge on any atom is 0.317 e. The van der Waals surface area contributed by atoms with Gasteiger partial charge in [-0.1, -0.05) is 30.3 Å².